The van der Waals surface area contributed by atoms with Crippen LogP contribution in [0.1, 0.15) is 6.42 Å². The molecule has 37 heavy (non-hydrogen) atoms. The molecule has 8 N–H and O–H groups in total. The Kier molecular flexibility index (Phi) is 8.25. The molecule has 4 rings (SSSR count). The molecule has 0 bridgehead atoms. The van der Waals surface area contributed by atoms with Crippen molar-refractivity contribution < 1.29 is 74.1 Å². The highest BCUT2D eigenvalue weighted by Gasteiger charge is 2.57. The first-order valence-corrected chi connectivity index (χ1v) is 11.7. The molecule has 15 nitrogen and oxygen atoms in total. The van der Waals surface area contributed by atoms with Gasteiger partial charge in [0.2, 0.25) is 12.1 Å². The molecule has 4 aliphatic heterocycles. The van der Waals surface area contributed by atoms with E-state index < -0.39 is 98.4 Å². The summed E-state index contributed by atoms with van der Waals surface area (Å²) in [7, 11) is 0. The highest BCUT2D eigenvalue weighted by atomic mass is 16.8. The minimum Gasteiger partial charge on any atom is -0.471 e. The third-order valence-electron chi connectivity index (χ3n) is 7.16. The molecule has 0 aromatic carbocycles. The zero-order valence-electron chi connectivity index (χ0n) is 19.6. The molecule has 0 aromatic rings. The molecule has 0 radical (unpaired) electrons. The van der Waals surface area contributed by atoms with E-state index in [0.717, 1.165) is 6.26 Å². The number of ether oxygens (including phenoxy) is 6. The number of esters is 1. The van der Waals surface area contributed by atoms with Gasteiger partial charge in [-0.1, -0.05) is 6.08 Å². The third kappa shape index (κ3) is 4.80. The number of hydrogen-bond acceptors (Lipinski definition) is 15. The van der Waals surface area contributed by atoms with Crippen molar-refractivity contribution in [2.75, 3.05) is 26.4 Å². The lowest BCUT2D eigenvalue weighted by Crippen LogP contribution is -2.62. The predicted molar refractivity (Wildman–Crippen MR) is 115 cm³/mol. The number of cyclic esters (lactones) is 1. The van der Waals surface area contributed by atoms with Crippen LogP contribution in [0.4, 0.5) is 0 Å². The van der Waals surface area contributed by atoms with Gasteiger partial charge in [-0.2, -0.15) is 0 Å². The van der Waals surface area contributed by atoms with Crippen molar-refractivity contribution in [1.82, 2.24) is 0 Å². The molecule has 15 heteroatoms. The molecule has 0 amide bonds. The van der Waals surface area contributed by atoms with Gasteiger partial charge >= 0.3 is 5.97 Å². The molecule has 12 unspecified atom stereocenters. The molecular formula is C22H32O15. The van der Waals surface area contributed by atoms with Crippen LogP contribution in [0.2, 0.25) is 0 Å². The fraction of sp³-hybridized carbons (Fsp3) is 0.773. The average Bonchev–Trinajstić information content (AvgIpc) is 3.13. The van der Waals surface area contributed by atoms with Crippen LogP contribution in [0.3, 0.4) is 0 Å². The fourth-order valence-electron chi connectivity index (χ4n) is 4.87. The van der Waals surface area contributed by atoms with Gasteiger partial charge in [0.15, 0.2) is 6.29 Å². The largest absolute Gasteiger partial charge is 0.471 e. The Bertz CT molecular complexity index is 882. The van der Waals surface area contributed by atoms with E-state index in [1.807, 2.05) is 0 Å². The summed E-state index contributed by atoms with van der Waals surface area (Å²) in [5.41, 5.74) is -1.88. The molecule has 0 saturated carbocycles. The Hall–Kier alpha value is -1.73. The van der Waals surface area contributed by atoms with Gasteiger partial charge in [0.05, 0.1) is 32.0 Å². The van der Waals surface area contributed by atoms with Crippen LogP contribution in [-0.2, 0) is 33.2 Å². The zero-order valence-corrected chi connectivity index (χ0v) is 19.6. The van der Waals surface area contributed by atoms with Crippen LogP contribution < -0.4 is 0 Å². The van der Waals surface area contributed by atoms with Crippen molar-refractivity contribution in [3.63, 3.8) is 0 Å². The van der Waals surface area contributed by atoms with E-state index in [-0.39, 0.29) is 18.6 Å². The van der Waals surface area contributed by atoms with E-state index in [2.05, 4.69) is 6.58 Å². The minimum atomic E-state index is -2.17. The maximum Gasteiger partial charge on any atom is 0.340 e. The molecule has 4 heterocycles. The van der Waals surface area contributed by atoms with E-state index in [9.17, 15) is 45.6 Å². The third-order valence-corrected chi connectivity index (χ3v) is 7.16. The monoisotopic (exact) mass is 536 g/mol. The highest BCUT2D eigenvalue weighted by molar-refractivity contribution is 5.91. The summed E-state index contributed by atoms with van der Waals surface area (Å²) in [5.74, 6) is -3.97. The summed E-state index contributed by atoms with van der Waals surface area (Å²) >= 11 is 0. The van der Waals surface area contributed by atoms with E-state index >= 15 is 0 Å². The summed E-state index contributed by atoms with van der Waals surface area (Å²) in [4.78, 5) is 12.1. The lowest BCUT2D eigenvalue weighted by Gasteiger charge is -2.46. The fourth-order valence-corrected chi connectivity index (χ4v) is 4.87. The maximum atomic E-state index is 12.1. The number of carbonyl (C=O) groups is 1. The lowest BCUT2D eigenvalue weighted by atomic mass is 9.76. The summed E-state index contributed by atoms with van der Waals surface area (Å²) in [5, 5.41) is 81.8. The topological polar surface area (TPSA) is 234 Å². The normalized spacial score (nSPS) is 48.0. The summed E-state index contributed by atoms with van der Waals surface area (Å²) in [6.45, 7) is 1.33. The number of fused-ring (bicyclic) bond motifs is 1. The summed E-state index contributed by atoms with van der Waals surface area (Å²) in [6, 6.07) is 0. The van der Waals surface area contributed by atoms with Crippen LogP contribution in [0, 0.1) is 5.92 Å². The number of rotatable bonds is 8. The van der Waals surface area contributed by atoms with Gasteiger partial charge in [0.1, 0.15) is 60.5 Å². The number of aliphatic hydroxyl groups excluding tert-OH is 7. The van der Waals surface area contributed by atoms with Crippen molar-refractivity contribution in [1.29, 1.82) is 0 Å². The second-order valence-corrected chi connectivity index (χ2v) is 9.31. The molecule has 12 atom stereocenters. The van der Waals surface area contributed by atoms with Crippen LogP contribution >= 0.6 is 0 Å². The first-order chi connectivity index (χ1) is 17.5. The predicted octanol–water partition coefficient (Wildman–Crippen LogP) is -4.65. The van der Waals surface area contributed by atoms with Crippen LogP contribution in [0.15, 0.2) is 24.5 Å². The van der Waals surface area contributed by atoms with E-state index in [1.165, 1.54) is 6.08 Å². The molecule has 210 valence electrons. The van der Waals surface area contributed by atoms with Gasteiger partial charge in [-0.3, -0.25) is 0 Å². The second kappa shape index (κ2) is 10.8. The van der Waals surface area contributed by atoms with E-state index in [0.29, 0.717) is 0 Å². The second-order valence-electron chi connectivity index (χ2n) is 9.31. The Balaban J connectivity index is 1.48. The van der Waals surface area contributed by atoms with Crippen LogP contribution in [-0.4, -0.2) is 140 Å². The van der Waals surface area contributed by atoms with Crippen molar-refractivity contribution in [2.45, 2.75) is 73.1 Å². The Morgan fingerprint density at radius 1 is 1.05 bits per heavy atom. The average molecular weight is 536 g/mol. The Morgan fingerprint density at radius 2 is 1.78 bits per heavy atom. The van der Waals surface area contributed by atoms with Crippen molar-refractivity contribution in [2.24, 2.45) is 5.92 Å². The summed E-state index contributed by atoms with van der Waals surface area (Å²) < 4.78 is 32.4. The molecule has 3 fully saturated rings. The van der Waals surface area contributed by atoms with Crippen molar-refractivity contribution in [3.8, 4) is 0 Å². The summed E-state index contributed by atoms with van der Waals surface area (Å²) in [6.07, 6.45) is -12.1. The van der Waals surface area contributed by atoms with Gasteiger partial charge in [-0.15, -0.1) is 6.58 Å². The van der Waals surface area contributed by atoms with Gasteiger partial charge in [0.25, 0.3) is 0 Å². The molecule has 3 saturated heterocycles. The number of carbonyl (C=O) groups excluding carboxylic acids is 1. The Morgan fingerprint density at radius 3 is 2.41 bits per heavy atom. The zero-order chi connectivity index (χ0) is 27.1. The van der Waals surface area contributed by atoms with Gasteiger partial charge in [-0.05, 0) is 0 Å². The smallest absolute Gasteiger partial charge is 0.340 e. The van der Waals surface area contributed by atoms with Gasteiger partial charge in [-0.25, -0.2) is 4.79 Å². The van der Waals surface area contributed by atoms with Crippen molar-refractivity contribution >= 4 is 5.97 Å². The molecule has 0 aliphatic carbocycles. The SMILES string of the molecule is C=CC1C(OC2OC(COC3(CO)OC(CO)C(O)C3O)C(O)C(O)C2O)OC=C2C(=O)OCCC21O. The number of hydrogen-bond donors (Lipinski definition) is 8. The minimum absolute atomic E-state index is 0.0165. The molecular weight excluding hydrogens is 504 g/mol. The van der Waals surface area contributed by atoms with Crippen LogP contribution in [0.5, 0.6) is 0 Å². The lowest BCUT2D eigenvalue weighted by molar-refractivity contribution is -0.356. The standard InChI is InChI=1S/C22H32O15/c1-2-9-19(33-6-10-18(30)32-4-3-21(9,10)31)36-20-16(28)15(27)13(25)12(35-20)7-34-22(8-24)17(29)14(26)11(5-23)37-22/h2,6,9,11-17,19-20,23-29,31H,1,3-5,7-8H2. The van der Waals surface area contributed by atoms with Gasteiger partial charge in [0, 0.05) is 6.42 Å². The maximum absolute atomic E-state index is 12.1. The molecule has 0 aromatic heterocycles. The first kappa shape index (κ1) is 28.3. The number of aliphatic hydroxyl groups is 8. The van der Waals surface area contributed by atoms with Crippen LogP contribution in [0.25, 0.3) is 0 Å². The van der Waals surface area contributed by atoms with E-state index in [1.54, 1.807) is 0 Å². The van der Waals surface area contributed by atoms with E-state index in [4.69, 9.17) is 28.4 Å². The Labute approximate surface area is 210 Å². The quantitative estimate of drug-likeness (QED) is 0.108. The highest BCUT2D eigenvalue weighted by Crippen LogP contribution is 2.42. The van der Waals surface area contributed by atoms with Gasteiger partial charge < -0.3 is 69.3 Å². The molecule has 0 spiro atoms. The molecule has 4 aliphatic rings. The van der Waals surface area contributed by atoms with Crippen molar-refractivity contribution in [3.05, 3.63) is 24.5 Å². The first-order valence-electron chi connectivity index (χ1n) is 11.7.